The molecular weight excluding hydrogens is 449 g/mol. The Morgan fingerprint density at radius 1 is 1.13 bits per heavy atom. The van der Waals surface area contributed by atoms with E-state index in [9.17, 15) is 24.2 Å². The Bertz CT molecular complexity index is 1250. The van der Waals surface area contributed by atoms with Gasteiger partial charge in [-0.05, 0) is 26.0 Å². The summed E-state index contributed by atoms with van der Waals surface area (Å²) in [4.78, 5) is 10.4. The highest BCUT2D eigenvalue weighted by atomic mass is 32.5. The van der Waals surface area contributed by atoms with Crippen LogP contribution in [0.5, 0.6) is 11.6 Å². The van der Waals surface area contributed by atoms with Crippen LogP contribution in [0.1, 0.15) is 22.8 Å². The Hall–Kier alpha value is -3.16. The van der Waals surface area contributed by atoms with Gasteiger partial charge in [0.2, 0.25) is 11.5 Å². The summed E-state index contributed by atoms with van der Waals surface area (Å²) in [5, 5.41) is 16.3. The van der Waals surface area contributed by atoms with Gasteiger partial charge in [-0.15, -0.1) is 10.2 Å². The van der Waals surface area contributed by atoms with E-state index in [-0.39, 0.29) is 29.3 Å². The number of ether oxygens (including phenoxy) is 2. The van der Waals surface area contributed by atoms with E-state index in [0.717, 1.165) is 22.4 Å². The van der Waals surface area contributed by atoms with Gasteiger partial charge in [0.25, 0.3) is 0 Å². The predicted molar refractivity (Wildman–Crippen MR) is 101 cm³/mol. The Morgan fingerprint density at radius 2 is 1.81 bits per heavy atom. The third-order valence-electron chi connectivity index (χ3n) is 4.22. The van der Waals surface area contributed by atoms with Crippen LogP contribution in [0.25, 0.3) is 5.65 Å². The Balaban J connectivity index is 2.04. The van der Waals surface area contributed by atoms with Crippen molar-refractivity contribution >= 4 is 21.7 Å². The zero-order chi connectivity index (χ0) is 23.3. The number of aryl methyl sites for hydroxylation is 1. The van der Waals surface area contributed by atoms with Gasteiger partial charge in [0.15, 0.2) is 11.4 Å². The number of carbonyl (C=O) groups excluding carboxylic acids is 1. The first-order chi connectivity index (χ1) is 14.1. The molecule has 8 nitrogen and oxygen atoms in total. The van der Waals surface area contributed by atoms with Crippen LogP contribution in [0.2, 0.25) is 0 Å². The summed E-state index contributed by atoms with van der Waals surface area (Å²) in [6.45, 7) is 3.05. The topological polar surface area (TPSA) is 94.5 Å². The van der Waals surface area contributed by atoms with Crippen LogP contribution in [-0.4, -0.2) is 38.9 Å². The summed E-state index contributed by atoms with van der Waals surface area (Å²) in [6, 6.07) is 2.68. The number of benzene rings is 1. The number of nitrogens with zero attached hydrogens (tertiary/aromatic N) is 4. The van der Waals surface area contributed by atoms with Crippen LogP contribution in [0.3, 0.4) is 0 Å². The standard InChI is InChI=1S/C17H18F5N5O3S/c1-4-30-15-5-10(2)16-25-26(17(23)27(16)24-15)9-14(28)11-6-12(29-3)8-13(7-11)31(18,19,20,21)22/h5-8,23H,4,9H2,1-3H3. The lowest BCUT2D eigenvalue weighted by Gasteiger charge is -2.40. The van der Waals surface area contributed by atoms with Crippen LogP contribution in [-0.2, 0) is 6.54 Å². The maximum Gasteiger partial charge on any atom is 0.310 e. The van der Waals surface area contributed by atoms with Gasteiger partial charge in [0.1, 0.15) is 17.2 Å². The predicted octanol–water partition coefficient (Wildman–Crippen LogP) is 4.27. The van der Waals surface area contributed by atoms with E-state index in [2.05, 4.69) is 14.9 Å². The number of nitrogens with one attached hydrogen (secondary N) is 1. The van der Waals surface area contributed by atoms with Gasteiger partial charge in [-0.2, -0.15) is 4.52 Å². The lowest BCUT2D eigenvalue weighted by molar-refractivity contribution is 0.0965. The van der Waals surface area contributed by atoms with E-state index in [0.29, 0.717) is 12.2 Å². The maximum atomic E-state index is 13.2. The molecule has 0 aliphatic carbocycles. The van der Waals surface area contributed by atoms with E-state index in [1.54, 1.807) is 19.9 Å². The van der Waals surface area contributed by atoms with Gasteiger partial charge in [0, 0.05) is 23.3 Å². The molecule has 2 aromatic heterocycles. The molecule has 14 heteroatoms. The van der Waals surface area contributed by atoms with Crippen LogP contribution in [0, 0.1) is 12.3 Å². The highest BCUT2D eigenvalue weighted by Crippen LogP contribution is 3.02. The number of fused-ring (bicyclic) bond motifs is 1. The normalized spacial score (nSPS) is 14.2. The van der Waals surface area contributed by atoms with Crippen LogP contribution < -0.4 is 15.1 Å². The molecule has 0 radical (unpaired) electrons. The molecule has 0 spiro atoms. The number of Topliss-reactive ketones (excluding diaryl/α,β-unsaturated/α-hetero) is 1. The molecule has 0 fully saturated rings. The van der Waals surface area contributed by atoms with Crippen molar-refractivity contribution in [1.82, 2.24) is 19.4 Å². The van der Waals surface area contributed by atoms with Crippen molar-refractivity contribution in [2.24, 2.45) is 0 Å². The second-order valence-electron chi connectivity index (χ2n) is 6.60. The third kappa shape index (κ3) is 4.62. The fraction of sp³-hybridized carbons (Fsp3) is 0.294. The fourth-order valence-electron chi connectivity index (χ4n) is 2.76. The monoisotopic (exact) mass is 467 g/mol. The third-order valence-corrected chi connectivity index (χ3v) is 5.35. The molecule has 3 aromatic rings. The molecule has 31 heavy (non-hydrogen) atoms. The molecule has 0 saturated heterocycles. The van der Waals surface area contributed by atoms with Gasteiger partial charge >= 0.3 is 10.2 Å². The molecule has 0 aliphatic rings. The number of ketones is 1. The van der Waals surface area contributed by atoms with Gasteiger partial charge in [-0.25, -0.2) is 4.68 Å². The molecular formula is C17H18F5N5O3S. The molecule has 3 rings (SSSR count). The lowest BCUT2D eigenvalue weighted by Crippen LogP contribution is -2.26. The Labute approximate surface area is 172 Å². The number of hydrogen-bond donors (Lipinski definition) is 1. The quantitative estimate of drug-likeness (QED) is 0.414. The Morgan fingerprint density at radius 3 is 2.39 bits per heavy atom. The van der Waals surface area contributed by atoms with Gasteiger partial charge < -0.3 is 9.47 Å². The molecule has 0 amide bonds. The lowest BCUT2D eigenvalue weighted by atomic mass is 10.1. The van der Waals surface area contributed by atoms with Gasteiger partial charge in [0.05, 0.1) is 13.7 Å². The highest BCUT2D eigenvalue weighted by Gasteiger charge is 2.65. The largest absolute Gasteiger partial charge is 0.497 e. The van der Waals surface area contributed by atoms with Crippen molar-refractivity contribution in [1.29, 1.82) is 5.41 Å². The number of hydrogen-bond acceptors (Lipinski definition) is 6. The van der Waals surface area contributed by atoms with Crippen molar-refractivity contribution in [2.45, 2.75) is 25.3 Å². The van der Waals surface area contributed by atoms with Crippen molar-refractivity contribution in [2.75, 3.05) is 13.7 Å². The van der Waals surface area contributed by atoms with E-state index >= 15 is 0 Å². The van der Waals surface area contributed by atoms with Gasteiger partial charge in [-0.3, -0.25) is 10.2 Å². The number of carbonyl (C=O) groups is 1. The van der Waals surface area contributed by atoms with Crippen LogP contribution >= 0.6 is 10.2 Å². The smallest absolute Gasteiger partial charge is 0.310 e. The van der Waals surface area contributed by atoms with E-state index in [4.69, 9.17) is 10.1 Å². The second-order valence-corrected chi connectivity index (χ2v) is 9.01. The number of rotatable bonds is 7. The molecule has 0 unspecified atom stereocenters. The molecule has 1 aromatic carbocycles. The summed E-state index contributed by atoms with van der Waals surface area (Å²) >= 11 is 0. The molecule has 0 atom stereocenters. The first kappa shape index (κ1) is 22.5. The average Bonchev–Trinajstić information content (AvgIpc) is 2.96. The minimum absolute atomic E-state index is 0.0725. The molecule has 0 aliphatic heterocycles. The second kappa shape index (κ2) is 6.67. The van der Waals surface area contributed by atoms with Crippen LogP contribution in [0.4, 0.5) is 19.4 Å². The first-order valence-corrected chi connectivity index (χ1v) is 10.7. The SMILES string of the molecule is CCOc1cc(C)c2nn(CC(=O)c3cc(OC)cc(S(F)(F)(F)(F)F)c3)c(=N)n2n1. The van der Waals surface area contributed by atoms with Crippen molar-refractivity contribution in [3.63, 3.8) is 0 Å². The fourth-order valence-corrected chi connectivity index (χ4v) is 3.45. The van der Waals surface area contributed by atoms with Crippen molar-refractivity contribution in [3.05, 3.63) is 41.0 Å². The summed E-state index contributed by atoms with van der Waals surface area (Å²) in [5.74, 6) is -1.32. The van der Waals surface area contributed by atoms with E-state index in [1.165, 1.54) is 0 Å². The van der Waals surface area contributed by atoms with Crippen LogP contribution in [0.15, 0.2) is 29.2 Å². The summed E-state index contributed by atoms with van der Waals surface area (Å²) in [5.41, 5.74) is -0.225. The Kier molecular flexibility index (Phi) is 4.85. The zero-order valence-corrected chi connectivity index (χ0v) is 17.4. The summed E-state index contributed by atoms with van der Waals surface area (Å²) in [7, 11) is -9.06. The maximum absolute atomic E-state index is 13.2. The molecule has 0 saturated carbocycles. The zero-order valence-electron chi connectivity index (χ0n) is 16.5. The van der Waals surface area contributed by atoms with Gasteiger partial charge in [-0.1, -0.05) is 19.4 Å². The average molecular weight is 467 g/mol. The number of halogens is 5. The number of aromatic nitrogens is 4. The molecule has 2 heterocycles. The molecule has 170 valence electrons. The minimum Gasteiger partial charge on any atom is -0.497 e. The minimum atomic E-state index is -10.0. The van der Waals surface area contributed by atoms with Crippen molar-refractivity contribution < 1.29 is 33.7 Å². The van der Waals surface area contributed by atoms with E-state index in [1.807, 2.05) is 0 Å². The van der Waals surface area contributed by atoms with Crippen molar-refractivity contribution in [3.8, 4) is 11.6 Å². The molecule has 1 N–H and O–H groups in total. The summed E-state index contributed by atoms with van der Waals surface area (Å²) in [6.07, 6.45) is 0. The first-order valence-electron chi connectivity index (χ1n) is 8.74. The molecule has 0 bridgehead atoms. The summed E-state index contributed by atoms with van der Waals surface area (Å²) < 4.78 is 78.2. The van der Waals surface area contributed by atoms with E-state index < -0.39 is 38.8 Å². The highest BCUT2D eigenvalue weighted by molar-refractivity contribution is 8.45. The number of methoxy groups -OCH3 is 1.